The predicted molar refractivity (Wildman–Crippen MR) is 34.6 cm³/mol. The third kappa shape index (κ3) is 1.64. The molecule has 0 aromatic rings. The minimum Gasteiger partial charge on any atom is -0.389 e. The van der Waals surface area contributed by atoms with Crippen molar-refractivity contribution in [1.29, 1.82) is 0 Å². The molecule has 0 radical (unpaired) electrons. The number of halogens is 1. The van der Waals surface area contributed by atoms with Gasteiger partial charge < -0.3 is 9.84 Å². The van der Waals surface area contributed by atoms with Crippen molar-refractivity contribution in [3.05, 3.63) is 0 Å². The minimum atomic E-state index is -1.47. The van der Waals surface area contributed by atoms with Gasteiger partial charge in [-0.3, -0.25) is 0 Å². The van der Waals surface area contributed by atoms with E-state index in [-0.39, 0.29) is 6.61 Å². The zero-order chi connectivity index (χ0) is 6.85. The second-order valence-electron chi connectivity index (χ2n) is 1.89. The highest BCUT2D eigenvalue weighted by atomic mass is 35.7. The number of hydrogen-bond acceptors (Lipinski definition) is 3. The lowest BCUT2D eigenvalue weighted by atomic mass is 10.3. The van der Waals surface area contributed by atoms with Crippen LogP contribution in [0.3, 0.4) is 0 Å². The number of aliphatic hydroxyl groups excluding tert-OH is 1. The second-order valence-corrected chi connectivity index (χ2v) is 3.91. The van der Waals surface area contributed by atoms with Crippen molar-refractivity contribution >= 4 is 20.7 Å². The molecule has 1 aliphatic heterocycles. The van der Waals surface area contributed by atoms with Crippen molar-refractivity contribution in [2.24, 2.45) is 0 Å². The van der Waals surface area contributed by atoms with Crippen LogP contribution in [0.5, 0.6) is 0 Å². The molecule has 0 spiro atoms. The number of hydrogen-bond donors (Lipinski definition) is 1. The first-order chi connectivity index (χ1) is 4.22. The van der Waals surface area contributed by atoms with Crippen LogP contribution in [0.2, 0.25) is 0 Å². The van der Waals surface area contributed by atoms with Crippen LogP contribution in [-0.4, -0.2) is 33.9 Å². The molecule has 0 aromatic heterocycles. The molecule has 0 aromatic carbocycles. The second kappa shape index (κ2) is 2.96. The summed E-state index contributed by atoms with van der Waals surface area (Å²) in [6.45, 7) is 0.556. The molecule has 1 heterocycles. The Bertz CT molecular complexity index is 129. The Balaban J connectivity index is 2.49. The van der Waals surface area contributed by atoms with Crippen LogP contribution in [-0.2, 0) is 14.7 Å². The minimum absolute atomic E-state index is 0.253. The highest BCUT2D eigenvalue weighted by Gasteiger charge is 2.30. The first-order valence-corrected chi connectivity index (χ1v) is 4.58. The molecule has 9 heavy (non-hydrogen) atoms. The van der Waals surface area contributed by atoms with Crippen LogP contribution in [0.25, 0.3) is 0 Å². The number of aliphatic hydroxyl groups is 1. The van der Waals surface area contributed by atoms with Crippen LogP contribution in [0.4, 0.5) is 0 Å². The van der Waals surface area contributed by atoms with Crippen molar-refractivity contribution in [3.8, 4) is 0 Å². The highest BCUT2D eigenvalue weighted by Crippen LogP contribution is 2.13. The molecule has 0 saturated carbocycles. The molecular formula is C4H7ClO3S. The van der Waals surface area contributed by atoms with Crippen molar-refractivity contribution in [3.63, 3.8) is 0 Å². The van der Waals surface area contributed by atoms with Gasteiger partial charge in [0.05, 0.1) is 19.3 Å². The fourth-order valence-electron chi connectivity index (χ4n) is 0.700. The van der Waals surface area contributed by atoms with E-state index >= 15 is 0 Å². The van der Waals surface area contributed by atoms with Gasteiger partial charge in [-0.1, -0.05) is 0 Å². The van der Waals surface area contributed by atoms with Crippen molar-refractivity contribution in [2.75, 3.05) is 13.2 Å². The van der Waals surface area contributed by atoms with Gasteiger partial charge in [0.25, 0.3) is 0 Å². The summed E-state index contributed by atoms with van der Waals surface area (Å²) in [5.74, 6) is 0. The van der Waals surface area contributed by atoms with Crippen molar-refractivity contribution in [1.82, 2.24) is 0 Å². The average Bonchev–Trinajstić information content (AvgIpc) is 2.13. The quantitative estimate of drug-likeness (QED) is 0.548. The van der Waals surface area contributed by atoms with Crippen molar-refractivity contribution < 1.29 is 14.1 Å². The van der Waals surface area contributed by atoms with Gasteiger partial charge in [0.15, 0.2) is 0 Å². The summed E-state index contributed by atoms with van der Waals surface area (Å²) < 4.78 is 15.3. The van der Waals surface area contributed by atoms with Gasteiger partial charge in [-0.05, 0) is 10.7 Å². The molecule has 54 valence electrons. The van der Waals surface area contributed by atoms with E-state index in [0.717, 1.165) is 0 Å². The Morgan fingerprint density at radius 1 is 1.67 bits per heavy atom. The first kappa shape index (κ1) is 7.47. The van der Waals surface area contributed by atoms with Crippen LogP contribution in [0.15, 0.2) is 0 Å². The number of ether oxygens (including phenoxy) is 1. The summed E-state index contributed by atoms with van der Waals surface area (Å²) in [7, 11) is 3.74. The largest absolute Gasteiger partial charge is 0.389 e. The summed E-state index contributed by atoms with van der Waals surface area (Å²) in [4.78, 5) is 0. The van der Waals surface area contributed by atoms with E-state index in [9.17, 15) is 4.21 Å². The average molecular weight is 171 g/mol. The molecule has 1 unspecified atom stereocenters. The van der Waals surface area contributed by atoms with Gasteiger partial charge in [-0.15, -0.1) is 0 Å². The molecule has 1 saturated heterocycles. The molecule has 1 rings (SSSR count). The van der Waals surface area contributed by atoms with Gasteiger partial charge in [0, 0.05) is 0 Å². The summed E-state index contributed by atoms with van der Waals surface area (Å²) in [5.41, 5.74) is 0. The lowest BCUT2D eigenvalue weighted by Crippen LogP contribution is -2.25. The molecule has 3 atom stereocenters. The van der Waals surface area contributed by atoms with Gasteiger partial charge in [0.2, 0.25) is 0 Å². The molecule has 1 aliphatic rings. The maximum absolute atomic E-state index is 10.5. The van der Waals surface area contributed by atoms with Gasteiger partial charge in [-0.25, -0.2) is 4.21 Å². The maximum Gasteiger partial charge on any atom is 0.123 e. The van der Waals surface area contributed by atoms with Crippen LogP contribution >= 0.6 is 10.7 Å². The SMILES string of the molecule is O=S(Cl)[C@@H]1COC[C@H]1O. The normalized spacial score (nSPS) is 38.9. The third-order valence-electron chi connectivity index (χ3n) is 1.24. The molecule has 1 N–H and O–H groups in total. The van der Waals surface area contributed by atoms with E-state index in [1.807, 2.05) is 0 Å². The Morgan fingerprint density at radius 2 is 2.33 bits per heavy atom. The van der Waals surface area contributed by atoms with Gasteiger partial charge in [-0.2, -0.15) is 0 Å². The lowest BCUT2D eigenvalue weighted by molar-refractivity contribution is 0.127. The molecule has 3 nitrogen and oxygen atoms in total. The molecular weight excluding hydrogens is 164 g/mol. The fraction of sp³-hybridized carbons (Fsp3) is 1.00. The van der Waals surface area contributed by atoms with Gasteiger partial charge in [0.1, 0.15) is 15.3 Å². The summed E-state index contributed by atoms with van der Waals surface area (Å²) in [6.07, 6.45) is -0.650. The Labute approximate surface area is 59.9 Å². The van der Waals surface area contributed by atoms with Crippen LogP contribution in [0.1, 0.15) is 0 Å². The van der Waals surface area contributed by atoms with E-state index in [2.05, 4.69) is 0 Å². The fourth-order valence-corrected chi connectivity index (χ4v) is 1.74. The summed E-state index contributed by atoms with van der Waals surface area (Å²) >= 11 is 0. The zero-order valence-corrected chi connectivity index (χ0v) is 6.19. The molecule has 0 aliphatic carbocycles. The topological polar surface area (TPSA) is 46.5 Å². The van der Waals surface area contributed by atoms with E-state index in [0.29, 0.717) is 6.61 Å². The maximum atomic E-state index is 10.5. The van der Waals surface area contributed by atoms with Crippen LogP contribution < -0.4 is 0 Å². The van der Waals surface area contributed by atoms with E-state index in [4.69, 9.17) is 20.5 Å². The van der Waals surface area contributed by atoms with E-state index in [1.54, 1.807) is 0 Å². The van der Waals surface area contributed by atoms with Crippen molar-refractivity contribution in [2.45, 2.75) is 11.4 Å². The van der Waals surface area contributed by atoms with E-state index < -0.39 is 21.4 Å². The van der Waals surface area contributed by atoms with Gasteiger partial charge >= 0.3 is 0 Å². The zero-order valence-electron chi connectivity index (χ0n) is 4.62. The number of rotatable bonds is 1. The van der Waals surface area contributed by atoms with Crippen LogP contribution in [0, 0.1) is 0 Å². The lowest BCUT2D eigenvalue weighted by Gasteiger charge is -2.04. The molecule has 0 amide bonds. The molecule has 0 bridgehead atoms. The monoisotopic (exact) mass is 170 g/mol. The smallest absolute Gasteiger partial charge is 0.123 e. The summed E-state index contributed by atoms with van der Waals surface area (Å²) in [5, 5.41) is 8.56. The van der Waals surface area contributed by atoms with E-state index in [1.165, 1.54) is 0 Å². The third-order valence-corrected chi connectivity index (χ3v) is 2.85. The Hall–Kier alpha value is 0.360. The Kier molecular flexibility index (Phi) is 2.46. The standard InChI is InChI=1S/C4H7ClO3S/c5-9(7)4-2-8-1-3(4)6/h3-4,6H,1-2H2/t3-,4-,9?/m1/s1. The first-order valence-electron chi connectivity index (χ1n) is 2.54. The molecule has 1 fully saturated rings. The Morgan fingerprint density at radius 3 is 2.56 bits per heavy atom. The highest BCUT2D eigenvalue weighted by molar-refractivity contribution is 8.08. The summed E-state index contributed by atoms with van der Waals surface area (Å²) in [6, 6.07) is 0. The predicted octanol–water partition coefficient (Wildman–Crippen LogP) is -0.351. The molecule has 5 heteroatoms.